The Kier molecular flexibility index (Phi) is 3.88. The smallest absolute Gasteiger partial charge is 0.230 e. The molecule has 112 valence electrons. The lowest BCUT2D eigenvalue weighted by Gasteiger charge is -2.22. The van der Waals surface area contributed by atoms with E-state index >= 15 is 0 Å². The van der Waals surface area contributed by atoms with Gasteiger partial charge in [0.15, 0.2) is 11.6 Å². The largest absolute Gasteiger partial charge is 0.494 e. The molecule has 0 amide bonds. The average Bonchev–Trinajstić information content (AvgIpc) is 2.98. The molecular formula is C15H17FN2O3. The third-order valence-corrected chi connectivity index (χ3v) is 3.90. The zero-order valence-electron chi connectivity index (χ0n) is 11.8. The molecule has 1 aromatic carbocycles. The highest BCUT2D eigenvalue weighted by atomic mass is 19.1. The van der Waals surface area contributed by atoms with Gasteiger partial charge in [0, 0.05) is 11.5 Å². The van der Waals surface area contributed by atoms with Gasteiger partial charge in [-0.05, 0) is 43.9 Å². The summed E-state index contributed by atoms with van der Waals surface area (Å²) in [6.45, 7) is 0. The molecule has 2 aromatic rings. The molecule has 0 atom stereocenters. The lowest BCUT2D eigenvalue weighted by molar-refractivity contribution is 0.116. The van der Waals surface area contributed by atoms with Crippen molar-refractivity contribution in [1.82, 2.24) is 10.1 Å². The van der Waals surface area contributed by atoms with Gasteiger partial charge in [-0.3, -0.25) is 0 Å². The zero-order valence-corrected chi connectivity index (χ0v) is 11.8. The zero-order chi connectivity index (χ0) is 14.8. The summed E-state index contributed by atoms with van der Waals surface area (Å²) in [5.74, 6) is 0.928. The van der Waals surface area contributed by atoms with E-state index in [1.807, 2.05) is 0 Å². The summed E-state index contributed by atoms with van der Waals surface area (Å²) in [5, 5.41) is 13.5. The predicted octanol–water partition coefficient (Wildman–Crippen LogP) is 2.90. The van der Waals surface area contributed by atoms with E-state index in [2.05, 4.69) is 10.1 Å². The highest BCUT2D eigenvalue weighted by Gasteiger charge is 2.25. The fourth-order valence-corrected chi connectivity index (χ4v) is 2.64. The van der Waals surface area contributed by atoms with Crippen LogP contribution in [0.2, 0.25) is 0 Å². The van der Waals surface area contributed by atoms with Crippen LogP contribution < -0.4 is 4.74 Å². The lowest BCUT2D eigenvalue weighted by Crippen LogP contribution is -2.17. The normalized spacial score (nSPS) is 22.2. The summed E-state index contributed by atoms with van der Waals surface area (Å²) in [6, 6.07) is 4.47. The van der Waals surface area contributed by atoms with Gasteiger partial charge in [0.25, 0.3) is 0 Å². The predicted molar refractivity (Wildman–Crippen MR) is 73.5 cm³/mol. The molecule has 1 aliphatic rings. The molecule has 0 unspecified atom stereocenters. The number of halogens is 1. The van der Waals surface area contributed by atoms with Crippen molar-refractivity contribution in [2.75, 3.05) is 7.11 Å². The summed E-state index contributed by atoms with van der Waals surface area (Å²) in [6.07, 6.45) is 2.98. The van der Waals surface area contributed by atoms with Crippen LogP contribution in [-0.2, 0) is 0 Å². The first-order chi connectivity index (χ1) is 10.2. The second kappa shape index (κ2) is 5.81. The number of benzene rings is 1. The molecule has 0 saturated heterocycles. The van der Waals surface area contributed by atoms with Crippen LogP contribution in [-0.4, -0.2) is 28.5 Å². The third-order valence-electron chi connectivity index (χ3n) is 3.90. The first-order valence-electron chi connectivity index (χ1n) is 7.03. The summed E-state index contributed by atoms with van der Waals surface area (Å²) in [5.41, 5.74) is 0.652. The Morgan fingerprint density at radius 3 is 2.76 bits per heavy atom. The minimum Gasteiger partial charge on any atom is -0.494 e. The minimum absolute atomic E-state index is 0.152. The van der Waals surface area contributed by atoms with Crippen molar-refractivity contribution < 1.29 is 18.8 Å². The molecule has 1 heterocycles. The molecule has 5 nitrogen and oxygen atoms in total. The van der Waals surface area contributed by atoms with Gasteiger partial charge in [-0.2, -0.15) is 4.98 Å². The van der Waals surface area contributed by atoms with E-state index in [4.69, 9.17) is 9.26 Å². The van der Waals surface area contributed by atoms with Crippen molar-refractivity contribution in [3.05, 3.63) is 29.9 Å². The number of rotatable bonds is 3. The Morgan fingerprint density at radius 2 is 2.05 bits per heavy atom. The average molecular weight is 292 g/mol. The van der Waals surface area contributed by atoms with Gasteiger partial charge in [0.05, 0.1) is 13.2 Å². The molecule has 1 fully saturated rings. The highest BCUT2D eigenvalue weighted by Crippen LogP contribution is 2.33. The first kappa shape index (κ1) is 14.0. The molecule has 1 aliphatic carbocycles. The van der Waals surface area contributed by atoms with Crippen LogP contribution in [0.4, 0.5) is 4.39 Å². The van der Waals surface area contributed by atoms with Crippen LogP contribution in [0.25, 0.3) is 11.4 Å². The maximum atomic E-state index is 13.4. The van der Waals surface area contributed by atoms with Gasteiger partial charge in [0.2, 0.25) is 11.7 Å². The van der Waals surface area contributed by atoms with Crippen LogP contribution in [0.5, 0.6) is 5.75 Å². The molecule has 0 spiro atoms. The van der Waals surface area contributed by atoms with Crippen molar-refractivity contribution in [2.24, 2.45) is 0 Å². The molecular weight excluding hydrogens is 275 g/mol. The van der Waals surface area contributed by atoms with Crippen molar-refractivity contribution in [3.8, 4) is 17.1 Å². The maximum Gasteiger partial charge on any atom is 0.230 e. The van der Waals surface area contributed by atoms with Gasteiger partial charge in [-0.15, -0.1) is 0 Å². The first-order valence-corrected chi connectivity index (χ1v) is 7.03. The van der Waals surface area contributed by atoms with Crippen molar-refractivity contribution >= 4 is 0 Å². The fraction of sp³-hybridized carbons (Fsp3) is 0.467. The van der Waals surface area contributed by atoms with E-state index in [1.165, 1.54) is 13.2 Å². The quantitative estimate of drug-likeness (QED) is 0.942. The Balaban J connectivity index is 1.81. The van der Waals surface area contributed by atoms with Gasteiger partial charge >= 0.3 is 0 Å². The monoisotopic (exact) mass is 292 g/mol. The topological polar surface area (TPSA) is 68.4 Å². The van der Waals surface area contributed by atoms with Crippen molar-refractivity contribution in [1.29, 1.82) is 0 Å². The number of methoxy groups -OCH3 is 1. The summed E-state index contributed by atoms with van der Waals surface area (Å²) >= 11 is 0. The van der Waals surface area contributed by atoms with E-state index in [1.54, 1.807) is 12.1 Å². The van der Waals surface area contributed by atoms with E-state index in [0.717, 1.165) is 25.7 Å². The fourth-order valence-electron chi connectivity index (χ4n) is 2.64. The molecule has 6 heteroatoms. The molecule has 0 bridgehead atoms. The third kappa shape index (κ3) is 2.90. The van der Waals surface area contributed by atoms with Crippen LogP contribution in [0.3, 0.4) is 0 Å². The van der Waals surface area contributed by atoms with Crippen LogP contribution >= 0.6 is 0 Å². The van der Waals surface area contributed by atoms with Gasteiger partial charge in [-0.1, -0.05) is 5.16 Å². The second-order valence-corrected chi connectivity index (χ2v) is 5.31. The number of ether oxygens (including phenoxy) is 1. The number of hydrogen-bond acceptors (Lipinski definition) is 5. The molecule has 0 radical (unpaired) electrons. The molecule has 1 N–H and O–H groups in total. The Hall–Kier alpha value is -1.95. The highest BCUT2D eigenvalue weighted by molar-refractivity contribution is 5.57. The second-order valence-electron chi connectivity index (χ2n) is 5.31. The van der Waals surface area contributed by atoms with Crippen LogP contribution in [0, 0.1) is 5.82 Å². The minimum atomic E-state index is -0.425. The van der Waals surface area contributed by atoms with E-state index in [9.17, 15) is 9.50 Å². The lowest BCUT2D eigenvalue weighted by atomic mass is 9.87. The van der Waals surface area contributed by atoms with Crippen LogP contribution in [0.1, 0.15) is 37.5 Å². The molecule has 1 aromatic heterocycles. The SMILES string of the molecule is COc1cc(-c2noc(C3CCC(O)CC3)n2)ccc1F. The number of aromatic nitrogens is 2. The van der Waals surface area contributed by atoms with Crippen LogP contribution in [0.15, 0.2) is 22.7 Å². The summed E-state index contributed by atoms with van der Waals surface area (Å²) in [7, 11) is 1.41. The standard InChI is InChI=1S/C15H17FN2O3/c1-20-13-8-10(4-7-12(13)16)14-17-15(21-18-14)9-2-5-11(19)6-3-9/h4,7-9,11,19H,2-3,5-6H2,1H3. The summed E-state index contributed by atoms with van der Waals surface area (Å²) in [4.78, 5) is 4.40. The molecule has 1 saturated carbocycles. The molecule has 21 heavy (non-hydrogen) atoms. The Bertz CT molecular complexity index is 621. The number of hydrogen-bond donors (Lipinski definition) is 1. The number of nitrogens with zero attached hydrogens (tertiary/aromatic N) is 2. The van der Waals surface area contributed by atoms with Gasteiger partial charge < -0.3 is 14.4 Å². The summed E-state index contributed by atoms with van der Waals surface area (Å²) < 4.78 is 23.7. The van der Waals surface area contributed by atoms with E-state index in [0.29, 0.717) is 17.3 Å². The molecule has 0 aliphatic heterocycles. The van der Waals surface area contributed by atoms with E-state index in [-0.39, 0.29) is 17.8 Å². The molecule has 3 rings (SSSR count). The van der Waals surface area contributed by atoms with E-state index < -0.39 is 5.82 Å². The Labute approximate surface area is 121 Å². The van der Waals surface area contributed by atoms with Crippen molar-refractivity contribution in [2.45, 2.75) is 37.7 Å². The Morgan fingerprint density at radius 1 is 1.29 bits per heavy atom. The maximum absolute atomic E-state index is 13.4. The van der Waals surface area contributed by atoms with Gasteiger partial charge in [0.1, 0.15) is 0 Å². The van der Waals surface area contributed by atoms with Crippen molar-refractivity contribution in [3.63, 3.8) is 0 Å². The number of aliphatic hydroxyl groups is 1. The number of aliphatic hydroxyl groups excluding tert-OH is 1. The van der Waals surface area contributed by atoms with Gasteiger partial charge in [-0.25, -0.2) is 4.39 Å².